The Kier molecular flexibility index (Phi) is 3.57. The maximum atomic E-state index is 12.6. The summed E-state index contributed by atoms with van der Waals surface area (Å²) in [5.41, 5.74) is 0.704. The van der Waals surface area contributed by atoms with Gasteiger partial charge in [0.15, 0.2) is 0 Å². The zero-order chi connectivity index (χ0) is 9.90. The molecule has 1 aromatic rings. The minimum Gasteiger partial charge on any atom is -0.207 e. The van der Waals surface area contributed by atoms with Gasteiger partial charge in [0.25, 0.3) is 0 Å². The first kappa shape index (κ1) is 10.8. The topological polar surface area (TPSA) is 0 Å². The summed E-state index contributed by atoms with van der Waals surface area (Å²) in [4.78, 5) is 0. The van der Waals surface area contributed by atoms with E-state index in [0.717, 1.165) is 5.56 Å². The molecular weight excluding hydrogens is 210 g/mol. The molecule has 13 heavy (non-hydrogen) atoms. The van der Waals surface area contributed by atoms with Gasteiger partial charge in [0.1, 0.15) is 5.82 Å². The molecule has 0 spiro atoms. The van der Waals surface area contributed by atoms with Gasteiger partial charge < -0.3 is 0 Å². The number of benzene rings is 1. The van der Waals surface area contributed by atoms with E-state index in [0.29, 0.717) is 11.8 Å². The Bertz CT molecular complexity index is 265. The molecule has 0 heterocycles. The van der Waals surface area contributed by atoms with Crippen LogP contribution in [0.2, 0.25) is 0 Å². The van der Waals surface area contributed by atoms with Gasteiger partial charge in [-0.2, -0.15) is 0 Å². The van der Waals surface area contributed by atoms with Crippen LogP contribution in [0.5, 0.6) is 0 Å². The van der Waals surface area contributed by atoms with Crippen molar-refractivity contribution in [1.29, 1.82) is 0 Å². The van der Waals surface area contributed by atoms with Crippen molar-refractivity contribution in [1.82, 2.24) is 0 Å². The molecular formula is C10H11Cl2F. The van der Waals surface area contributed by atoms with Crippen LogP contribution in [-0.4, -0.2) is 11.8 Å². The molecule has 0 bridgehead atoms. The Morgan fingerprint density at radius 3 is 2.00 bits per heavy atom. The maximum Gasteiger partial charge on any atom is 0.123 e. The Morgan fingerprint density at radius 1 is 1.15 bits per heavy atom. The highest BCUT2D eigenvalue weighted by Crippen LogP contribution is 2.26. The van der Waals surface area contributed by atoms with Crippen LogP contribution in [0.4, 0.5) is 4.39 Å². The van der Waals surface area contributed by atoms with Crippen molar-refractivity contribution < 1.29 is 4.39 Å². The lowest BCUT2D eigenvalue weighted by molar-refractivity contribution is 0.595. The molecule has 0 aliphatic heterocycles. The van der Waals surface area contributed by atoms with E-state index in [1.807, 2.05) is 6.92 Å². The summed E-state index contributed by atoms with van der Waals surface area (Å²) in [7, 11) is 0. The van der Waals surface area contributed by atoms with E-state index in [-0.39, 0.29) is 11.2 Å². The monoisotopic (exact) mass is 220 g/mol. The zero-order valence-electron chi connectivity index (χ0n) is 7.36. The van der Waals surface area contributed by atoms with Gasteiger partial charge in [-0.1, -0.05) is 19.1 Å². The minimum absolute atomic E-state index is 0.241. The highest BCUT2D eigenvalue weighted by molar-refractivity contribution is 6.22. The first-order chi connectivity index (χ1) is 6.12. The summed E-state index contributed by atoms with van der Waals surface area (Å²) in [6, 6.07) is 6.29. The van der Waals surface area contributed by atoms with Crippen molar-refractivity contribution in [3.05, 3.63) is 35.6 Å². The normalized spacial score (nSPS) is 11.7. The molecule has 0 aromatic heterocycles. The van der Waals surface area contributed by atoms with Crippen LogP contribution in [0, 0.1) is 5.82 Å². The molecule has 0 aliphatic carbocycles. The van der Waals surface area contributed by atoms with E-state index in [1.165, 1.54) is 12.1 Å². The van der Waals surface area contributed by atoms with E-state index in [9.17, 15) is 4.39 Å². The molecule has 1 aromatic carbocycles. The number of halogens is 3. The summed E-state index contributed by atoms with van der Waals surface area (Å²) >= 11 is 11.6. The lowest BCUT2D eigenvalue weighted by Crippen LogP contribution is -2.26. The molecule has 0 radical (unpaired) electrons. The molecule has 0 fully saturated rings. The first-order valence-corrected chi connectivity index (χ1v) is 5.07. The Morgan fingerprint density at radius 2 is 1.62 bits per heavy atom. The molecule has 1 rings (SSSR count). The molecule has 0 saturated carbocycles. The van der Waals surface area contributed by atoms with Crippen LogP contribution < -0.4 is 0 Å². The number of alkyl halides is 2. The van der Waals surface area contributed by atoms with Gasteiger partial charge in [-0.05, 0) is 17.7 Å². The van der Waals surface area contributed by atoms with Crippen LogP contribution in [0.3, 0.4) is 0 Å². The Balaban J connectivity index is 2.99. The van der Waals surface area contributed by atoms with Crippen LogP contribution in [-0.2, 0) is 5.41 Å². The molecule has 3 heteroatoms. The summed E-state index contributed by atoms with van der Waals surface area (Å²) in [5, 5.41) is 0. The number of hydrogen-bond donors (Lipinski definition) is 0. The predicted molar refractivity (Wildman–Crippen MR) is 55.2 cm³/mol. The van der Waals surface area contributed by atoms with E-state index < -0.39 is 0 Å². The van der Waals surface area contributed by atoms with Gasteiger partial charge in [0.2, 0.25) is 0 Å². The van der Waals surface area contributed by atoms with Crippen molar-refractivity contribution >= 4 is 23.2 Å². The van der Waals surface area contributed by atoms with E-state index >= 15 is 0 Å². The molecule has 0 unspecified atom stereocenters. The second-order valence-corrected chi connectivity index (χ2v) is 3.87. The van der Waals surface area contributed by atoms with Crippen LogP contribution in [0.15, 0.2) is 24.3 Å². The van der Waals surface area contributed by atoms with E-state index in [1.54, 1.807) is 12.1 Å². The number of hydrogen-bond acceptors (Lipinski definition) is 0. The van der Waals surface area contributed by atoms with Gasteiger partial charge in [0, 0.05) is 17.2 Å². The van der Waals surface area contributed by atoms with Crippen LogP contribution in [0.25, 0.3) is 0 Å². The molecule has 0 saturated heterocycles. The fourth-order valence-corrected chi connectivity index (χ4v) is 1.64. The lowest BCUT2D eigenvalue weighted by atomic mass is 9.86. The SMILES string of the molecule is CC(CCl)(CCl)c1ccc(F)cc1. The van der Waals surface area contributed by atoms with Gasteiger partial charge in [-0.15, -0.1) is 23.2 Å². The second-order valence-electron chi connectivity index (χ2n) is 3.33. The van der Waals surface area contributed by atoms with Gasteiger partial charge >= 0.3 is 0 Å². The van der Waals surface area contributed by atoms with Crippen molar-refractivity contribution in [2.45, 2.75) is 12.3 Å². The van der Waals surface area contributed by atoms with Crippen LogP contribution >= 0.6 is 23.2 Å². The Hall–Kier alpha value is -0.270. The van der Waals surface area contributed by atoms with Crippen LogP contribution in [0.1, 0.15) is 12.5 Å². The highest BCUT2D eigenvalue weighted by Gasteiger charge is 2.24. The lowest BCUT2D eigenvalue weighted by Gasteiger charge is -2.24. The summed E-state index contributed by atoms with van der Waals surface area (Å²) in [5.74, 6) is 0.625. The predicted octanol–water partition coefficient (Wildman–Crippen LogP) is 3.56. The average molecular weight is 221 g/mol. The van der Waals surface area contributed by atoms with Gasteiger partial charge in [-0.3, -0.25) is 0 Å². The molecule has 0 nitrogen and oxygen atoms in total. The third-order valence-corrected chi connectivity index (χ3v) is 3.31. The summed E-state index contributed by atoms with van der Waals surface area (Å²) < 4.78 is 12.6. The highest BCUT2D eigenvalue weighted by atomic mass is 35.5. The van der Waals surface area contributed by atoms with Crippen molar-refractivity contribution in [2.75, 3.05) is 11.8 Å². The third-order valence-electron chi connectivity index (χ3n) is 2.13. The summed E-state index contributed by atoms with van der Waals surface area (Å²) in [6.45, 7) is 1.96. The maximum absolute atomic E-state index is 12.6. The van der Waals surface area contributed by atoms with E-state index in [2.05, 4.69) is 0 Å². The second kappa shape index (κ2) is 4.30. The minimum atomic E-state index is -0.267. The average Bonchev–Trinajstić information content (AvgIpc) is 2.18. The molecule has 0 amide bonds. The molecule has 72 valence electrons. The quantitative estimate of drug-likeness (QED) is 0.684. The molecule has 0 atom stereocenters. The first-order valence-electron chi connectivity index (χ1n) is 4.00. The molecule has 0 N–H and O–H groups in total. The van der Waals surface area contributed by atoms with Crippen molar-refractivity contribution in [2.24, 2.45) is 0 Å². The smallest absolute Gasteiger partial charge is 0.123 e. The molecule has 0 aliphatic rings. The number of rotatable bonds is 3. The Labute approximate surface area is 87.7 Å². The standard InChI is InChI=1S/C10H11Cl2F/c1-10(6-11,7-12)8-2-4-9(13)5-3-8/h2-5H,6-7H2,1H3. The largest absolute Gasteiger partial charge is 0.207 e. The third kappa shape index (κ3) is 2.35. The van der Waals surface area contributed by atoms with Gasteiger partial charge in [0.05, 0.1) is 0 Å². The van der Waals surface area contributed by atoms with Crippen molar-refractivity contribution in [3.8, 4) is 0 Å². The van der Waals surface area contributed by atoms with Crippen molar-refractivity contribution in [3.63, 3.8) is 0 Å². The van der Waals surface area contributed by atoms with Gasteiger partial charge in [-0.25, -0.2) is 4.39 Å². The fraction of sp³-hybridized carbons (Fsp3) is 0.400. The summed E-state index contributed by atoms with van der Waals surface area (Å²) in [6.07, 6.45) is 0. The fourth-order valence-electron chi connectivity index (χ4n) is 1.04. The zero-order valence-corrected chi connectivity index (χ0v) is 8.87. The van der Waals surface area contributed by atoms with E-state index in [4.69, 9.17) is 23.2 Å².